The maximum absolute atomic E-state index is 11.5. The average molecular weight is 233 g/mol. The minimum Gasteiger partial charge on any atom is -0.387 e. The quantitative estimate of drug-likeness (QED) is 0.721. The van der Waals surface area contributed by atoms with Gasteiger partial charge in [-0.2, -0.15) is 11.8 Å². The molecule has 1 aliphatic rings. The number of nitrogens with one attached hydrogen (secondary N) is 1. The van der Waals surface area contributed by atoms with Crippen molar-refractivity contribution in [2.75, 3.05) is 25.2 Å². The van der Waals surface area contributed by atoms with Gasteiger partial charge in [-0.15, -0.1) is 0 Å². The lowest BCUT2D eigenvalue weighted by Gasteiger charge is -2.23. The number of thioether (sulfide) groups is 1. The monoisotopic (exact) mass is 233 g/mol. The van der Waals surface area contributed by atoms with E-state index in [2.05, 4.69) is 5.32 Å². The SMILES string of the molecule is CSCC(C)(O)CNC(=O)[C@@H]1CCCO1. The predicted molar refractivity (Wildman–Crippen MR) is 61.0 cm³/mol. The molecule has 0 radical (unpaired) electrons. The van der Waals surface area contributed by atoms with Crippen LogP contribution in [0.15, 0.2) is 0 Å². The van der Waals surface area contributed by atoms with Crippen LogP contribution >= 0.6 is 11.8 Å². The minimum atomic E-state index is -0.840. The Morgan fingerprint density at radius 3 is 3.00 bits per heavy atom. The van der Waals surface area contributed by atoms with Crippen molar-refractivity contribution in [2.24, 2.45) is 0 Å². The molecule has 0 saturated carbocycles. The fraction of sp³-hybridized carbons (Fsp3) is 0.900. The first kappa shape index (κ1) is 12.8. The second kappa shape index (κ2) is 5.72. The predicted octanol–water partition coefficient (Wildman–Crippen LogP) is 0.396. The topological polar surface area (TPSA) is 58.6 Å². The van der Waals surface area contributed by atoms with E-state index in [0.29, 0.717) is 12.4 Å². The summed E-state index contributed by atoms with van der Waals surface area (Å²) in [6, 6.07) is 0. The van der Waals surface area contributed by atoms with Crippen molar-refractivity contribution in [3.63, 3.8) is 0 Å². The molecule has 0 aliphatic carbocycles. The average Bonchev–Trinajstić information content (AvgIpc) is 2.67. The lowest BCUT2D eigenvalue weighted by Crippen LogP contribution is -2.45. The van der Waals surface area contributed by atoms with Crippen LogP contribution < -0.4 is 5.32 Å². The van der Waals surface area contributed by atoms with Crippen molar-refractivity contribution in [1.29, 1.82) is 0 Å². The molecule has 1 heterocycles. The summed E-state index contributed by atoms with van der Waals surface area (Å²) in [5, 5.41) is 12.6. The smallest absolute Gasteiger partial charge is 0.249 e. The molecular weight excluding hydrogens is 214 g/mol. The Bertz CT molecular complexity index is 215. The molecule has 1 saturated heterocycles. The van der Waals surface area contributed by atoms with Gasteiger partial charge in [-0.1, -0.05) is 0 Å². The van der Waals surface area contributed by atoms with Gasteiger partial charge < -0.3 is 15.2 Å². The van der Waals surface area contributed by atoms with Crippen molar-refractivity contribution in [3.8, 4) is 0 Å². The van der Waals surface area contributed by atoms with Gasteiger partial charge in [0, 0.05) is 18.9 Å². The fourth-order valence-electron chi connectivity index (χ4n) is 1.54. The molecule has 1 aliphatic heterocycles. The third-order valence-corrected chi connectivity index (χ3v) is 3.23. The van der Waals surface area contributed by atoms with E-state index in [1.807, 2.05) is 6.26 Å². The first-order valence-corrected chi connectivity index (χ1v) is 6.55. The molecule has 0 aromatic heterocycles. The minimum absolute atomic E-state index is 0.103. The van der Waals surface area contributed by atoms with Crippen LogP contribution in [0.1, 0.15) is 19.8 Å². The number of hydrogen-bond acceptors (Lipinski definition) is 4. The molecule has 4 nitrogen and oxygen atoms in total. The molecule has 15 heavy (non-hydrogen) atoms. The Hall–Kier alpha value is -0.260. The lowest BCUT2D eigenvalue weighted by molar-refractivity contribution is -0.131. The Balaban J connectivity index is 2.26. The third kappa shape index (κ3) is 4.40. The molecule has 0 aromatic carbocycles. The van der Waals surface area contributed by atoms with Gasteiger partial charge in [0.05, 0.1) is 5.60 Å². The molecule has 0 bridgehead atoms. The van der Waals surface area contributed by atoms with Crippen LogP contribution in [0.3, 0.4) is 0 Å². The van der Waals surface area contributed by atoms with E-state index in [1.54, 1.807) is 18.7 Å². The molecule has 2 N–H and O–H groups in total. The maximum atomic E-state index is 11.5. The van der Waals surface area contributed by atoms with Crippen LogP contribution in [0.2, 0.25) is 0 Å². The van der Waals surface area contributed by atoms with Gasteiger partial charge in [-0.3, -0.25) is 4.79 Å². The first-order valence-electron chi connectivity index (χ1n) is 5.16. The normalized spacial score (nSPS) is 24.9. The van der Waals surface area contributed by atoms with E-state index in [-0.39, 0.29) is 18.6 Å². The summed E-state index contributed by atoms with van der Waals surface area (Å²) in [6.07, 6.45) is 3.35. The molecule has 1 amide bonds. The Morgan fingerprint density at radius 1 is 1.73 bits per heavy atom. The van der Waals surface area contributed by atoms with E-state index >= 15 is 0 Å². The zero-order valence-electron chi connectivity index (χ0n) is 9.28. The van der Waals surface area contributed by atoms with E-state index in [9.17, 15) is 9.90 Å². The van der Waals surface area contributed by atoms with E-state index in [4.69, 9.17) is 4.74 Å². The maximum Gasteiger partial charge on any atom is 0.249 e. The summed E-state index contributed by atoms with van der Waals surface area (Å²) in [5.41, 5.74) is -0.840. The van der Waals surface area contributed by atoms with Gasteiger partial charge in [0.2, 0.25) is 5.91 Å². The van der Waals surface area contributed by atoms with Gasteiger partial charge in [-0.25, -0.2) is 0 Å². The second-order valence-corrected chi connectivity index (χ2v) is 5.02. The molecular formula is C10H19NO3S. The molecule has 1 rings (SSSR count). The number of aliphatic hydroxyl groups is 1. The summed E-state index contributed by atoms with van der Waals surface area (Å²) in [4.78, 5) is 11.5. The highest BCUT2D eigenvalue weighted by molar-refractivity contribution is 7.98. The largest absolute Gasteiger partial charge is 0.387 e. The first-order chi connectivity index (χ1) is 7.05. The van der Waals surface area contributed by atoms with Crippen LogP contribution in [0, 0.1) is 0 Å². The molecule has 5 heteroatoms. The summed E-state index contributed by atoms with van der Waals surface area (Å²) in [7, 11) is 0. The van der Waals surface area contributed by atoms with Crippen molar-refractivity contribution in [1.82, 2.24) is 5.32 Å². The standard InChI is InChI=1S/C10H19NO3S/c1-10(13,7-15-2)6-11-9(12)8-4-3-5-14-8/h8,13H,3-7H2,1-2H3,(H,11,12)/t8-,10?/m0/s1. The zero-order valence-corrected chi connectivity index (χ0v) is 10.1. The number of ether oxygens (including phenoxy) is 1. The summed E-state index contributed by atoms with van der Waals surface area (Å²) in [6.45, 7) is 2.67. The number of carbonyl (C=O) groups is 1. The third-order valence-electron chi connectivity index (χ3n) is 2.32. The van der Waals surface area contributed by atoms with E-state index in [1.165, 1.54) is 0 Å². The van der Waals surface area contributed by atoms with Gasteiger partial charge in [0.15, 0.2) is 0 Å². The molecule has 2 atom stereocenters. The van der Waals surface area contributed by atoms with Crippen LogP contribution in [-0.4, -0.2) is 47.9 Å². The van der Waals surface area contributed by atoms with Gasteiger partial charge >= 0.3 is 0 Å². The number of carbonyl (C=O) groups excluding carboxylic acids is 1. The number of hydrogen-bond donors (Lipinski definition) is 2. The Labute approximate surface area is 94.8 Å². The van der Waals surface area contributed by atoms with Crippen molar-refractivity contribution in [2.45, 2.75) is 31.5 Å². The van der Waals surface area contributed by atoms with Crippen LogP contribution in [0.5, 0.6) is 0 Å². The Morgan fingerprint density at radius 2 is 2.47 bits per heavy atom. The second-order valence-electron chi connectivity index (χ2n) is 4.15. The molecule has 0 aromatic rings. The molecule has 1 fully saturated rings. The highest BCUT2D eigenvalue weighted by Gasteiger charge is 2.26. The highest BCUT2D eigenvalue weighted by Crippen LogP contribution is 2.13. The van der Waals surface area contributed by atoms with Crippen molar-refractivity contribution in [3.05, 3.63) is 0 Å². The lowest BCUT2D eigenvalue weighted by atomic mass is 10.1. The molecule has 88 valence electrons. The van der Waals surface area contributed by atoms with E-state index < -0.39 is 5.60 Å². The van der Waals surface area contributed by atoms with E-state index in [0.717, 1.165) is 12.8 Å². The molecule has 0 spiro atoms. The van der Waals surface area contributed by atoms with Gasteiger partial charge in [0.1, 0.15) is 6.10 Å². The van der Waals surface area contributed by atoms with Crippen molar-refractivity contribution >= 4 is 17.7 Å². The summed E-state index contributed by atoms with van der Waals surface area (Å²) >= 11 is 1.56. The Kier molecular flexibility index (Phi) is 4.89. The fourth-order valence-corrected chi connectivity index (χ4v) is 2.26. The van der Waals surface area contributed by atoms with Crippen LogP contribution in [0.4, 0.5) is 0 Å². The number of amides is 1. The number of rotatable bonds is 5. The van der Waals surface area contributed by atoms with Gasteiger partial charge in [0.25, 0.3) is 0 Å². The summed E-state index contributed by atoms with van der Waals surface area (Å²) < 4.78 is 5.24. The molecule has 1 unspecified atom stereocenters. The van der Waals surface area contributed by atoms with Crippen LogP contribution in [-0.2, 0) is 9.53 Å². The summed E-state index contributed by atoms with van der Waals surface area (Å²) in [5.74, 6) is 0.507. The zero-order chi connectivity index (χ0) is 11.3. The van der Waals surface area contributed by atoms with Gasteiger partial charge in [-0.05, 0) is 26.0 Å². The van der Waals surface area contributed by atoms with Crippen LogP contribution in [0.25, 0.3) is 0 Å². The highest BCUT2D eigenvalue weighted by atomic mass is 32.2. The van der Waals surface area contributed by atoms with Crippen molar-refractivity contribution < 1.29 is 14.6 Å².